The van der Waals surface area contributed by atoms with E-state index in [1.54, 1.807) is 12.1 Å². The van der Waals surface area contributed by atoms with E-state index in [0.717, 1.165) is 36.3 Å². The zero-order valence-electron chi connectivity index (χ0n) is 11.4. The van der Waals surface area contributed by atoms with Gasteiger partial charge in [0, 0.05) is 17.4 Å². The fourth-order valence-electron chi connectivity index (χ4n) is 5.24. The molecule has 0 unspecified atom stereocenters. The first-order valence-corrected chi connectivity index (χ1v) is 7.85. The van der Waals surface area contributed by atoms with E-state index in [-0.39, 0.29) is 5.82 Å². The maximum atomic E-state index is 12.9. The van der Waals surface area contributed by atoms with Crippen molar-refractivity contribution in [3.8, 4) is 0 Å². The molecule has 4 bridgehead atoms. The molecule has 0 amide bonds. The molecule has 0 atom stereocenters. The van der Waals surface area contributed by atoms with E-state index in [9.17, 15) is 4.39 Å². The topological polar surface area (TPSA) is 16.6 Å². The Morgan fingerprint density at radius 2 is 1.47 bits per heavy atom. The molecule has 4 saturated carbocycles. The van der Waals surface area contributed by atoms with Gasteiger partial charge in [-0.15, -0.1) is 0 Å². The molecule has 4 aliphatic rings. The molecule has 0 saturated heterocycles. The molecule has 102 valence electrons. The van der Waals surface area contributed by atoms with E-state index in [0.29, 0.717) is 0 Å². The smallest absolute Gasteiger partial charge is 0.123 e. The maximum absolute atomic E-state index is 12.9. The summed E-state index contributed by atoms with van der Waals surface area (Å²) >= 11 is 0. The SMILES string of the molecule is Fc1ccc(C[NH2+]C2C3CC4CC(C3)CC2C4)cc1. The van der Waals surface area contributed by atoms with Crippen molar-refractivity contribution < 1.29 is 9.71 Å². The van der Waals surface area contributed by atoms with Crippen LogP contribution in [0.3, 0.4) is 0 Å². The first-order valence-electron chi connectivity index (χ1n) is 7.85. The van der Waals surface area contributed by atoms with Crippen LogP contribution >= 0.6 is 0 Å². The number of halogens is 1. The summed E-state index contributed by atoms with van der Waals surface area (Å²) in [6.45, 7) is 1.02. The second-order valence-corrected chi connectivity index (χ2v) is 7.07. The average molecular weight is 260 g/mol. The van der Waals surface area contributed by atoms with E-state index >= 15 is 0 Å². The zero-order chi connectivity index (χ0) is 12.8. The van der Waals surface area contributed by atoms with Crippen LogP contribution < -0.4 is 5.32 Å². The number of nitrogens with two attached hydrogens (primary N) is 1. The molecule has 0 aromatic heterocycles. The minimum atomic E-state index is -0.127. The van der Waals surface area contributed by atoms with Crippen LogP contribution in [-0.4, -0.2) is 6.04 Å². The molecule has 1 aromatic carbocycles. The van der Waals surface area contributed by atoms with Crippen molar-refractivity contribution >= 4 is 0 Å². The highest BCUT2D eigenvalue weighted by molar-refractivity contribution is 5.14. The van der Waals surface area contributed by atoms with Crippen molar-refractivity contribution in [2.24, 2.45) is 23.7 Å². The predicted molar refractivity (Wildman–Crippen MR) is 72.9 cm³/mol. The maximum Gasteiger partial charge on any atom is 0.123 e. The third-order valence-electron chi connectivity index (χ3n) is 5.84. The lowest BCUT2D eigenvalue weighted by molar-refractivity contribution is -0.723. The first kappa shape index (κ1) is 11.9. The van der Waals surface area contributed by atoms with Crippen LogP contribution in [0.4, 0.5) is 4.39 Å². The summed E-state index contributed by atoms with van der Waals surface area (Å²) in [5, 5.41) is 2.56. The highest BCUT2D eigenvalue weighted by Crippen LogP contribution is 2.52. The van der Waals surface area contributed by atoms with Crippen molar-refractivity contribution in [3.05, 3.63) is 35.6 Å². The van der Waals surface area contributed by atoms with Gasteiger partial charge in [-0.3, -0.25) is 0 Å². The standard InChI is InChI=1S/C17H22FN/c18-16-3-1-11(2-4-16)10-19-17-14-6-12-5-13(8-14)9-15(17)7-12/h1-4,12-15,17,19H,5-10H2/p+1. The third kappa shape index (κ3) is 2.20. The summed E-state index contributed by atoms with van der Waals surface area (Å²) in [5.41, 5.74) is 1.26. The third-order valence-corrected chi connectivity index (χ3v) is 5.84. The summed E-state index contributed by atoms with van der Waals surface area (Å²) in [6, 6.07) is 7.88. The molecular formula is C17H23FN+. The molecule has 4 aliphatic carbocycles. The van der Waals surface area contributed by atoms with Crippen molar-refractivity contribution in [1.82, 2.24) is 0 Å². The molecule has 0 radical (unpaired) electrons. The molecule has 0 heterocycles. The molecule has 2 N–H and O–H groups in total. The lowest BCUT2D eigenvalue weighted by Crippen LogP contribution is -2.93. The number of benzene rings is 1. The van der Waals surface area contributed by atoms with Crippen LogP contribution in [0, 0.1) is 29.5 Å². The van der Waals surface area contributed by atoms with Crippen LogP contribution in [0.25, 0.3) is 0 Å². The summed E-state index contributed by atoms with van der Waals surface area (Å²) in [6.07, 6.45) is 7.46. The first-order chi connectivity index (χ1) is 9.28. The van der Waals surface area contributed by atoms with Gasteiger partial charge in [-0.1, -0.05) is 12.1 Å². The van der Waals surface area contributed by atoms with Gasteiger partial charge in [0.25, 0.3) is 0 Å². The van der Waals surface area contributed by atoms with Crippen molar-refractivity contribution in [2.75, 3.05) is 0 Å². The second kappa shape index (κ2) is 4.59. The van der Waals surface area contributed by atoms with Crippen molar-refractivity contribution in [2.45, 2.75) is 44.7 Å². The Labute approximate surface area is 114 Å². The summed E-state index contributed by atoms with van der Waals surface area (Å²) in [5.74, 6) is 3.92. The van der Waals surface area contributed by atoms with E-state index in [1.165, 1.54) is 37.7 Å². The quantitative estimate of drug-likeness (QED) is 0.860. The van der Waals surface area contributed by atoms with Gasteiger partial charge in [0.15, 0.2) is 0 Å². The average Bonchev–Trinajstić information content (AvgIpc) is 2.39. The predicted octanol–water partition coefficient (Wildman–Crippen LogP) is 2.71. The van der Waals surface area contributed by atoms with E-state index < -0.39 is 0 Å². The van der Waals surface area contributed by atoms with Gasteiger partial charge in [-0.05, 0) is 56.1 Å². The molecule has 4 fully saturated rings. The summed E-state index contributed by atoms with van der Waals surface area (Å²) < 4.78 is 12.9. The monoisotopic (exact) mass is 260 g/mol. The zero-order valence-corrected chi connectivity index (χ0v) is 11.4. The Balaban J connectivity index is 1.42. The van der Waals surface area contributed by atoms with Gasteiger partial charge in [0.1, 0.15) is 12.4 Å². The van der Waals surface area contributed by atoms with Crippen molar-refractivity contribution in [1.29, 1.82) is 0 Å². The van der Waals surface area contributed by atoms with Gasteiger partial charge in [0.2, 0.25) is 0 Å². The normalized spacial score (nSPS) is 39.7. The van der Waals surface area contributed by atoms with Crippen molar-refractivity contribution in [3.63, 3.8) is 0 Å². The van der Waals surface area contributed by atoms with Gasteiger partial charge in [-0.25, -0.2) is 4.39 Å². The number of quaternary nitrogens is 1. The lowest BCUT2D eigenvalue weighted by atomic mass is 9.54. The molecular weight excluding hydrogens is 237 g/mol. The fraction of sp³-hybridized carbons (Fsp3) is 0.647. The molecule has 0 spiro atoms. The fourth-order valence-corrected chi connectivity index (χ4v) is 5.24. The van der Waals surface area contributed by atoms with E-state index in [2.05, 4.69) is 5.32 Å². The Morgan fingerprint density at radius 1 is 0.895 bits per heavy atom. The lowest BCUT2D eigenvalue weighted by Gasteiger charge is -2.52. The number of rotatable bonds is 3. The van der Waals surface area contributed by atoms with Crippen LogP contribution in [-0.2, 0) is 6.54 Å². The molecule has 2 heteroatoms. The van der Waals surface area contributed by atoms with Crippen LogP contribution in [0.5, 0.6) is 0 Å². The Hall–Kier alpha value is -0.890. The number of hydrogen-bond acceptors (Lipinski definition) is 0. The van der Waals surface area contributed by atoms with Gasteiger partial charge in [0.05, 0.1) is 6.04 Å². The molecule has 19 heavy (non-hydrogen) atoms. The highest BCUT2D eigenvalue weighted by Gasteiger charge is 2.49. The minimum absolute atomic E-state index is 0.127. The molecule has 1 aromatic rings. The van der Waals surface area contributed by atoms with Crippen LogP contribution in [0.2, 0.25) is 0 Å². The van der Waals surface area contributed by atoms with E-state index in [4.69, 9.17) is 0 Å². The molecule has 0 aliphatic heterocycles. The largest absolute Gasteiger partial charge is 0.340 e. The van der Waals surface area contributed by atoms with Gasteiger partial charge in [-0.2, -0.15) is 0 Å². The van der Waals surface area contributed by atoms with Gasteiger partial charge < -0.3 is 5.32 Å². The Morgan fingerprint density at radius 3 is 2.05 bits per heavy atom. The molecule has 5 rings (SSSR count). The number of hydrogen-bond donors (Lipinski definition) is 1. The second-order valence-electron chi connectivity index (χ2n) is 7.07. The highest BCUT2D eigenvalue weighted by atomic mass is 19.1. The molecule has 1 nitrogen and oxygen atoms in total. The minimum Gasteiger partial charge on any atom is -0.340 e. The summed E-state index contributed by atoms with van der Waals surface area (Å²) in [7, 11) is 0. The van der Waals surface area contributed by atoms with Gasteiger partial charge >= 0.3 is 0 Å². The van der Waals surface area contributed by atoms with Crippen LogP contribution in [0.15, 0.2) is 24.3 Å². The van der Waals surface area contributed by atoms with Crippen LogP contribution in [0.1, 0.15) is 37.7 Å². The Bertz CT molecular complexity index is 425. The van der Waals surface area contributed by atoms with E-state index in [1.807, 2.05) is 12.1 Å². The summed E-state index contributed by atoms with van der Waals surface area (Å²) in [4.78, 5) is 0. The Kier molecular flexibility index (Phi) is 2.87.